The minimum atomic E-state index is -3.74. The summed E-state index contributed by atoms with van der Waals surface area (Å²) in [6.07, 6.45) is 0. The van der Waals surface area contributed by atoms with Crippen LogP contribution in [0.1, 0.15) is 5.56 Å². The fourth-order valence-electron chi connectivity index (χ4n) is 1.75. The number of nitrogens with one attached hydrogen (secondary N) is 1. The second-order valence-corrected chi connectivity index (χ2v) is 6.64. The summed E-state index contributed by atoms with van der Waals surface area (Å²) in [6.45, 7) is 0.0914. The number of nitrogen functional groups attached to an aromatic ring is 1. The Hall–Kier alpha value is -1.65. The number of nitrogens with two attached hydrogens (primary N) is 1. The molecule has 0 radical (unpaired) electrons. The van der Waals surface area contributed by atoms with Crippen molar-refractivity contribution in [3.05, 3.63) is 28.4 Å². The molecule has 8 nitrogen and oxygen atoms in total. The van der Waals surface area contributed by atoms with E-state index >= 15 is 0 Å². The van der Waals surface area contributed by atoms with Crippen molar-refractivity contribution in [2.24, 2.45) is 7.05 Å². The smallest absolute Gasteiger partial charge is 0.260 e. The zero-order valence-corrected chi connectivity index (χ0v) is 13.8. The van der Waals surface area contributed by atoms with Gasteiger partial charge in [0.15, 0.2) is 4.60 Å². The monoisotopic (exact) mass is 375 g/mol. The lowest BCUT2D eigenvalue weighted by molar-refractivity contribution is 0.417. The third-order valence-electron chi connectivity index (χ3n) is 2.75. The zero-order valence-electron chi connectivity index (χ0n) is 11.4. The maximum absolute atomic E-state index is 12.2. The van der Waals surface area contributed by atoms with Gasteiger partial charge in [-0.1, -0.05) is 11.3 Å². The number of methoxy groups -OCH3 is 1. The van der Waals surface area contributed by atoms with Crippen LogP contribution >= 0.6 is 15.9 Å². The number of benzene rings is 1. The van der Waals surface area contributed by atoms with Gasteiger partial charge < -0.3 is 10.5 Å². The predicted molar refractivity (Wildman–Crippen MR) is 80.1 cm³/mol. The number of aryl methyl sites for hydroxylation is 1. The summed E-state index contributed by atoms with van der Waals surface area (Å²) in [7, 11) is -0.723. The summed E-state index contributed by atoms with van der Waals surface area (Å²) < 4.78 is 33.3. The number of aromatic nitrogens is 3. The number of anilines is 1. The van der Waals surface area contributed by atoms with Gasteiger partial charge in [0.25, 0.3) is 10.0 Å². The van der Waals surface area contributed by atoms with Crippen LogP contribution in [0.3, 0.4) is 0 Å². The number of hydrogen-bond acceptors (Lipinski definition) is 6. The third-order valence-corrected chi connectivity index (χ3v) is 5.04. The molecular formula is C11H14BrN5O3S. The maximum Gasteiger partial charge on any atom is 0.260 e. The minimum Gasteiger partial charge on any atom is -0.495 e. The molecule has 2 rings (SSSR count). The molecule has 0 saturated heterocycles. The molecule has 114 valence electrons. The van der Waals surface area contributed by atoms with E-state index in [0.717, 1.165) is 0 Å². The standard InChI is InChI=1S/C11H14BrN5O3S/c1-17-11(10(12)15-16-17)21(18,19)14-6-7-3-4-9(20-2)8(13)5-7/h3-5,14H,6,13H2,1-2H3. The molecule has 3 N–H and O–H groups in total. The van der Waals surface area contributed by atoms with Crippen LogP contribution in [-0.2, 0) is 23.6 Å². The molecule has 0 aliphatic rings. The first-order chi connectivity index (χ1) is 9.85. The molecule has 0 atom stereocenters. The van der Waals surface area contributed by atoms with Gasteiger partial charge in [-0.25, -0.2) is 17.8 Å². The number of rotatable bonds is 5. The van der Waals surface area contributed by atoms with E-state index in [1.807, 2.05) is 0 Å². The summed E-state index contributed by atoms with van der Waals surface area (Å²) in [5.41, 5.74) is 6.93. The fraction of sp³-hybridized carbons (Fsp3) is 0.273. The first kappa shape index (κ1) is 15.7. The van der Waals surface area contributed by atoms with Crippen LogP contribution in [0, 0.1) is 0 Å². The quantitative estimate of drug-likeness (QED) is 0.741. The van der Waals surface area contributed by atoms with Crippen LogP contribution in [0.5, 0.6) is 5.75 Å². The Morgan fingerprint density at radius 2 is 2.19 bits per heavy atom. The summed E-state index contributed by atoms with van der Waals surface area (Å²) >= 11 is 3.06. The van der Waals surface area contributed by atoms with Gasteiger partial charge in [-0.3, -0.25) is 0 Å². The highest BCUT2D eigenvalue weighted by atomic mass is 79.9. The fourth-order valence-corrected chi connectivity index (χ4v) is 3.86. The molecule has 0 saturated carbocycles. The van der Waals surface area contributed by atoms with E-state index in [0.29, 0.717) is 17.0 Å². The Bertz CT molecular complexity index is 740. The van der Waals surface area contributed by atoms with Crippen LogP contribution in [-0.4, -0.2) is 30.5 Å². The van der Waals surface area contributed by atoms with E-state index in [2.05, 4.69) is 31.0 Å². The summed E-state index contributed by atoms with van der Waals surface area (Å²) in [4.78, 5) is 0. The highest BCUT2D eigenvalue weighted by Crippen LogP contribution is 2.22. The topological polar surface area (TPSA) is 112 Å². The molecule has 0 bridgehead atoms. The van der Waals surface area contributed by atoms with E-state index in [1.54, 1.807) is 18.2 Å². The van der Waals surface area contributed by atoms with Gasteiger partial charge in [-0.2, -0.15) is 0 Å². The van der Waals surface area contributed by atoms with Crippen molar-refractivity contribution in [2.45, 2.75) is 11.6 Å². The Balaban J connectivity index is 2.18. The van der Waals surface area contributed by atoms with Gasteiger partial charge in [0.1, 0.15) is 5.75 Å². The molecule has 0 amide bonds. The molecular weight excluding hydrogens is 362 g/mol. The van der Waals surface area contributed by atoms with Crippen molar-refractivity contribution in [1.82, 2.24) is 19.7 Å². The van der Waals surface area contributed by atoms with Gasteiger partial charge in [0.05, 0.1) is 12.8 Å². The van der Waals surface area contributed by atoms with Gasteiger partial charge in [-0.05, 0) is 33.6 Å². The summed E-state index contributed by atoms with van der Waals surface area (Å²) in [6, 6.07) is 5.06. The molecule has 0 unspecified atom stereocenters. The average molecular weight is 376 g/mol. The van der Waals surface area contributed by atoms with Crippen molar-refractivity contribution in [3.63, 3.8) is 0 Å². The van der Waals surface area contributed by atoms with E-state index in [4.69, 9.17) is 10.5 Å². The predicted octanol–water partition coefficient (Wildman–Crippen LogP) is 0.647. The van der Waals surface area contributed by atoms with Gasteiger partial charge >= 0.3 is 0 Å². The van der Waals surface area contributed by atoms with Gasteiger partial charge in [0, 0.05) is 13.6 Å². The van der Waals surface area contributed by atoms with Crippen molar-refractivity contribution in [1.29, 1.82) is 0 Å². The largest absolute Gasteiger partial charge is 0.495 e. The van der Waals surface area contributed by atoms with Crippen molar-refractivity contribution < 1.29 is 13.2 Å². The van der Waals surface area contributed by atoms with Gasteiger partial charge in [-0.15, -0.1) is 5.10 Å². The highest BCUT2D eigenvalue weighted by molar-refractivity contribution is 9.10. The second-order valence-electron chi connectivity index (χ2n) is 4.21. The maximum atomic E-state index is 12.2. The summed E-state index contributed by atoms with van der Waals surface area (Å²) in [5, 5.41) is 7.25. The van der Waals surface area contributed by atoms with E-state index in [-0.39, 0.29) is 16.2 Å². The first-order valence-electron chi connectivity index (χ1n) is 5.82. The Labute approximate surface area is 130 Å². The molecule has 0 spiro atoms. The lowest BCUT2D eigenvalue weighted by atomic mass is 10.2. The Morgan fingerprint density at radius 3 is 2.71 bits per heavy atom. The Morgan fingerprint density at radius 1 is 1.48 bits per heavy atom. The number of sulfonamides is 1. The molecule has 0 fully saturated rings. The molecule has 1 aromatic heterocycles. The minimum absolute atomic E-state index is 0.0380. The number of nitrogens with zero attached hydrogens (tertiary/aromatic N) is 3. The highest BCUT2D eigenvalue weighted by Gasteiger charge is 2.23. The molecule has 21 heavy (non-hydrogen) atoms. The van der Waals surface area contributed by atoms with Crippen LogP contribution in [0.2, 0.25) is 0 Å². The third kappa shape index (κ3) is 3.34. The zero-order chi connectivity index (χ0) is 15.6. The van der Waals surface area contributed by atoms with Crippen LogP contribution in [0.25, 0.3) is 0 Å². The Kier molecular flexibility index (Phi) is 4.49. The van der Waals surface area contributed by atoms with Crippen molar-refractivity contribution >= 4 is 31.6 Å². The molecule has 0 aliphatic heterocycles. The summed E-state index contributed by atoms with van der Waals surface area (Å²) in [5.74, 6) is 0.542. The number of halogens is 1. The first-order valence-corrected chi connectivity index (χ1v) is 8.10. The molecule has 10 heteroatoms. The number of hydrogen-bond donors (Lipinski definition) is 2. The number of ether oxygens (including phenoxy) is 1. The van der Waals surface area contributed by atoms with Crippen LogP contribution < -0.4 is 15.2 Å². The molecule has 1 heterocycles. The molecule has 2 aromatic rings. The van der Waals surface area contributed by atoms with Gasteiger partial charge in [0.2, 0.25) is 5.03 Å². The lowest BCUT2D eigenvalue weighted by Crippen LogP contribution is -2.25. The van der Waals surface area contributed by atoms with Crippen LogP contribution in [0.4, 0.5) is 5.69 Å². The lowest BCUT2D eigenvalue weighted by Gasteiger charge is -2.09. The normalized spacial score (nSPS) is 11.6. The average Bonchev–Trinajstić information content (AvgIpc) is 2.77. The SMILES string of the molecule is COc1ccc(CNS(=O)(=O)c2c(Br)nnn2C)cc1N. The van der Waals surface area contributed by atoms with Crippen LogP contribution in [0.15, 0.2) is 27.8 Å². The van der Waals surface area contributed by atoms with E-state index in [9.17, 15) is 8.42 Å². The molecule has 1 aromatic carbocycles. The van der Waals surface area contributed by atoms with Crippen molar-refractivity contribution in [2.75, 3.05) is 12.8 Å². The van der Waals surface area contributed by atoms with E-state index in [1.165, 1.54) is 18.8 Å². The molecule has 0 aliphatic carbocycles. The van der Waals surface area contributed by atoms with Crippen molar-refractivity contribution in [3.8, 4) is 5.75 Å². The van der Waals surface area contributed by atoms with E-state index < -0.39 is 10.0 Å². The second kappa shape index (κ2) is 6.00.